The van der Waals surface area contributed by atoms with Gasteiger partial charge >= 0.3 is 0 Å². The molecule has 5 heteroatoms. The van der Waals surface area contributed by atoms with Crippen molar-refractivity contribution in [1.82, 2.24) is 10.1 Å². The van der Waals surface area contributed by atoms with Gasteiger partial charge in [0.05, 0.1) is 12.1 Å². The quantitative estimate of drug-likeness (QED) is 0.913. The Morgan fingerprint density at radius 3 is 2.95 bits per heavy atom. The molecule has 0 saturated heterocycles. The minimum Gasteiger partial charge on any atom is -0.494 e. The van der Waals surface area contributed by atoms with E-state index < -0.39 is 5.54 Å². The van der Waals surface area contributed by atoms with E-state index in [4.69, 9.17) is 15.0 Å². The summed E-state index contributed by atoms with van der Waals surface area (Å²) in [5.41, 5.74) is 6.64. The normalized spacial score (nSPS) is 16.9. The van der Waals surface area contributed by atoms with Crippen LogP contribution in [0.1, 0.15) is 32.1 Å². The summed E-state index contributed by atoms with van der Waals surface area (Å²) in [6.45, 7) is 2.58. The summed E-state index contributed by atoms with van der Waals surface area (Å²) >= 11 is 0. The van der Waals surface area contributed by atoms with Crippen LogP contribution < -0.4 is 10.5 Å². The van der Waals surface area contributed by atoms with Crippen LogP contribution in [0.4, 0.5) is 0 Å². The Bertz CT molecular complexity index is 576. The van der Waals surface area contributed by atoms with Crippen molar-refractivity contribution in [2.75, 3.05) is 6.61 Å². The Balaban J connectivity index is 1.88. The molecule has 2 N–H and O–H groups in total. The van der Waals surface area contributed by atoms with Crippen LogP contribution in [-0.4, -0.2) is 16.7 Å². The summed E-state index contributed by atoms with van der Waals surface area (Å²) in [6, 6.07) is 7.66. The van der Waals surface area contributed by atoms with Gasteiger partial charge in [0.1, 0.15) is 5.75 Å². The first kappa shape index (κ1) is 12.2. The summed E-state index contributed by atoms with van der Waals surface area (Å²) in [5, 5.41) is 4.01. The average molecular weight is 259 g/mol. The molecule has 0 bridgehead atoms. The van der Waals surface area contributed by atoms with E-state index in [0.717, 1.165) is 30.6 Å². The first-order valence-corrected chi connectivity index (χ1v) is 6.57. The molecule has 19 heavy (non-hydrogen) atoms. The van der Waals surface area contributed by atoms with Crippen LogP contribution in [0.5, 0.6) is 5.75 Å². The molecule has 100 valence electrons. The maximum absolute atomic E-state index is 6.17. The van der Waals surface area contributed by atoms with Crippen LogP contribution in [0.25, 0.3) is 11.4 Å². The molecule has 1 aliphatic rings. The van der Waals surface area contributed by atoms with E-state index in [1.807, 2.05) is 31.2 Å². The summed E-state index contributed by atoms with van der Waals surface area (Å²) < 4.78 is 10.8. The Morgan fingerprint density at radius 1 is 1.42 bits per heavy atom. The standard InChI is InChI=1S/C14H17N3O2/c1-2-18-11-6-3-5-10(9-11)12-16-13(19-17-12)14(15)7-4-8-14/h3,5-6,9H,2,4,7-8,15H2,1H3. The number of hydrogen-bond acceptors (Lipinski definition) is 5. The lowest BCUT2D eigenvalue weighted by Crippen LogP contribution is -2.43. The fourth-order valence-corrected chi connectivity index (χ4v) is 2.21. The van der Waals surface area contributed by atoms with E-state index in [-0.39, 0.29) is 0 Å². The number of nitrogens with two attached hydrogens (primary N) is 1. The van der Waals surface area contributed by atoms with Crippen molar-refractivity contribution >= 4 is 0 Å². The molecular weight excluding hydrogens is 242 g/mol. The summed E-state index contributed by atoms with van der Waals surface area (Å²) in [5.74, 6) is 1.90. The highest BCUT2D eigenvalue weighted by molar-refractivity contribution is 5.57. The van der Waals surface area contributed by atoms with E-state index in [1.54, 1.807) is 0 Å². The second-order valence-corrected chi connectivity index (χ2v) is 4.89. The van der Waals surface area contributed by atoms with Crippen LogP contribution in [-0.2, 0) is 5.54 Å². The summed E-state index contributed by atoms with van der Waals surface area (Å²) in [6.07, 6.45) is 2.94. The predicted octanol–water partition coefficient (Wildman–Crippen LogP) is 2.47. The Hall–Kier alpha value is -1.88. The summed E-state index contributed by atoms with van der Waals surface area (Å²) in [4.78, 5) is 4.42. The SMILES string of the molecule is CCOc1cccc(-c2noc(C3(N)CCC3)n2)c1. The van der Waals surface area contributed by atoms with Gasteiger partial charge in [-0.2, -0.15) is 4.98 Å². The third-order valence-corrected chi connectivity index (χ3v) is 3.50. The molecule has 0 spiro atoms. The van der Waals surface area contributed by atoms with Crippen molar-refractivity contribution in [1.29, 1.82) is 0 Å². The van der Waals surface area contributed by atoms with Crippen molar-refractivity contribution < 1.29 is 9.26 Å². The van der Waals surface area contributed by atoms with Crippen molar-refractivity contribution in [3.8, 4) is 17.1 Å². The molecular formula is C14H17N3O2. The second-order valence-electron chi connectivity index (χ2n) is 4.89. The van der Waals surface area contributed by atoms with Gasteiger partial charge in [0.25, 0.3) is 0 Å². The largest absolute Gasteiger partial charge is 0.494 e. The zero-order chi connectivity index (χ0) is 13.3. The highest BCUT2D eigenvalue weighted by Gasteiger charge is 2.39. The Labute approximate surface area is 111 Å². The first-order chi connectivity index (χ1) is 9.21. The second kappa shape index (κ2) is 4.66. The third kappa shape index (κ3) is 2.21. The van der Waals surface area contributed by atoms with Gasteiger partial charge < -0.3 is 15.0 Å². The fraction of sp³-hybridized carbons (Fsp3) is 0.429. The van der Waals surface area contributed by atoms with Gasteiger partial charge in [-0.05, 0) is 38.3 Å². The van der Waals surface area contributed by atoms with E-state index >= 15 is 0 Å². The van der Waals surface area contributed by atoms with E-state index in [1.165, 1.54) is 0 Å². The minimum atomic E-state index is -0.414. The van der Waals surface area contributed by atoms with Crippen molar-refractivity contribution in [3.63, 3.8) is 0 Å². The fourth-order valence-electron chi connectivity index (χ4n) is 2.21. The predicted molar refractivity (Wildman–Crippen MR) is 70.6 cm³/mol. The molecule has 1 saturated carbocycles. The lowest BCUT2D eigenvalue weighted by molar-refractivity contribution is 0.181. The number of rotatable bonds is 4. The van der Waals surface area contributed by atoms with Gasteiger partial charge in [-0.3, -0.25) is 0 Å². The molecule has 2 aromatic rings. The Kier molecular flexibility index (Phi) is 2.98. The van der Waals surface area contributed by atoms with Crippen molar-refractivity contribution in [3.05, 3.63) is 30.2 Å². The molecule has 0 amide bonds. The van der Waals surface area contributed by atoms with Crippen LogP contribution >= 0.6 is 0 Å². The van der Waals surface area contributed by atoms with Crippen LogP contribution in [0.2, 0.25) is 0 Å². The first-order valence-electron chi connectivity index (χ1n) is 6.57. The highest BCUT2D eigenvalue weighted by Crippen LogP contribution is 2.38. The van der Waals surface area contributed by atoms with Crippen LogP contribution in [0.15, 0.2) is 28.8 Å². The zero-order valence-electron chi connectivity index (χ0n) is 10.9. The molecule has 0 unspecified atom stereocenters. The van der Waals surface area contributed by atoms with Gasteiger partial charge in [0.15, 0.2) is 0 Å². The van der Waals surface area contributed by atoms with Gasteiger partial charge in [-0.1, -0.05) is 17.3 Å². The van der Waals surface area contributed by atoms with Crippen molar-refractivity contribution in [2.45, 2.75) is 31.7 Å². The molecule has 1 aliphatic carbocycles. The molecule has 1 heterocycles. The lowest BCUT2D eigenvalue weighted by atomic mass is 9.78. The van der Waals surface area contributed by atoms with Gasteiger partial charge in [-0.25, -0.2) is 0 Å². The molecule has 0 atom stereocenters. The molecule has 0 radical (unpaired) electrons. The molecule has 5 nitrogen and oxygen atoms in total. The summed E-state index contributed by atoms with van der Waals surface area (Å²) in [7, 11) is 0. The molecule has 0 aliphatic heterocycles. The Morgan fingerprint density at radius 2 is 2.26 bits per heavy atom. The number of aromatic nitrogens is 2. The monoisotopic (exact) mass is 259 g/mol. The maximum atomic E-state index is 6.17. The molecule has 3 rings (SSSR count). The maximum Gasteiger partial charge on any atom is 0.247 e. The van der Waals surface area contributed by atoms with Crippen molar-refractivity contribution in [2.24, 2.45) is 5.73 Å². The number of ether oxygens (including phenoxy) is 1. The number of benzene rings is 1. The minimum absolute atomic E-state index is 0.414. The van der Waals surface area contributed by atoms with E-state index in [9.17, 15) is 0 Å². The van der Waals surface area contributed by atoms with E-state index in [0.29, 0.717) is 18.3 Å². The number of hydrogen-bond donors (Lipinski definition) is 1. The molecule has 1 aromatic carbocycles. The van der Waals surface area contributed by atoms with Crippen LogP contribution in [0.3, 0.4) is 0 Å². The van der Waals surface area contributed by atoms with Crippen LogP contribution in [0, 0.1) is 0 Å². The topological polar surface area (TPSA) is 74.2 Å². The number of nitrogens with zero attached hydrogens (tertiary/aromatic N) is 2. The molecule has 1 aromatic heterocycles. The smallest absolute Gasteiger partial charge is 0.247 e. The third-order valence-electron chi connectivity index (χ3n) is 3.50. The van der Waals surface area contributed by atoms with Gasteiger partial charge in [0.2, 0.25) is 11.7 Å². The lowest BCUT2D eigenvalue weighted by Gasteiger charge is -2.33. The van der Waals surface area contributed by atoms with Gasteiger partial charge in [0, 0.05) is 5.56 Å². The highest BCUT2D eigenvalue weighted by atomic mass is 16.5. The zero-order valence-corrected chi connectivity index (χ0v) is 10.9. The molecule has 1 fully saturated rings. The van der Waals surface area contributed by atoms with E-state index in [2.05, 4.69) is 10.1 Å². The average Bonchev–Trinajstić information content (AvgIpc) is 2.87. The van der Waals surface area contributed by atoms with Gasteiger partial charge in [-0.15, -0.1) is 0 Å².